The number of phenols is 1. The number of halogens is 2. The molecular formula is C24H20Br2N2O4S2. The summed E-state index contributed by atoms with van der Waals surface area (Å²) in [4.78, 5) is 32.7. The number of hydrogen-bond donors (Lipinski definition) is 1. The van der Waals surface area contributed by atoms with Gasteiger partial charge >= 0.3 is 5.97 Å². The minimum absolute atomic E-state index is 0.0293. The molecule has 1 atom stereocenters. The van der Waals surface area contributed by atoms with Crippen LogP contribution in [0, 0.1) is 0 Å². The van der Waals surface area contributed by atoms with E-state index in [4.69, 9.17) is 4.74 Å². The summed E-state index contributed by atoms with van der Waals surface area (Å²) >= 11 is 9.56. The van der Waals surface area contributed by atoms with E-state index in [0.717, 1.165) is 14.9 Å². The Bertz CT molecular complexity index is 1490. The van der Waals surface area contributed by atoms with Crippen molar-refractivity contribution in [1.29, 1.82) is 0 Å². The number of nitrogens with zero attached hydrogens (tertiary/aromatic N) is 2. The van der Waals surface area contributed by atoms with E-state index in [0.29, 0.717) is 30.6 Å². The van der Waals surface area contributed by atoms with Crippen molar-refractivity contribution in [3.05, 3.63) is 87.4 Å². The number of allylic oxidation sites excluding steroid dienone is 1. The quantitative estimate of drug-likeness (QED) is 0.328. The number of aromatic hydroxyl groups is 1. The number of fused-ring (bicyclic) bond motifs is 1. The van der Waals surface area contributed by atoms with Crippen molar-refractivity contribution >= 4 is 67.0 Å². The molecule has 0 amide bonds. The molecule has 0 fully saturated rings. The van der Waals surface area contributed by atoms with Crippen molar-refractivity contribution < 1.29 is 14.6 Å². The number of thiazole rings is 1. The summed E-state index contributed by atoms with van der Waals surface area (Å²) in [7, 11) is 0. The van der Waals surface area contributed by atoms with Gasteiger partial charge in [0.15, 0.2) is 4.80 Å². The number of thioether (sulfide) groups is 1. The lowest BCUT2D eigenvalue weighted by Gasteiger charge is -2.24. The van der Waals surface area contributed by atoms with Gasteiger partial charge in [-0.05, 0) is 71.9 Å². The molecule has 6 nitrogen and oxygen atoms in total. The fourth-order valence-corrected chi connectivity index (χ4v) is 6.43. The van der Waals surface area contributed by atoms with Crippen LogP contribution in [0.1, 0.15) is 31.0 Å². The molecule has 0 radical (unpaired) electrons. The number of rotatable bonds is 5. The molecule has 3 aromatic rings. The number of benzene rings is 2. The maximum Gasteiger partial charge on any atom is 0.338 e. The fourth-order valence-electron chi connectivity index (χ4n) is 3.73. The summed E-state index contributed by atoms with van der Waals surface area (Å²) in [5.74, 6) is -0.466. The Balaban J connectivity index is 1.97. The predicted octanol–water partition coefficient (Wildman–Crippen LogP) is 4.75. The van der Waals surface area contributed by atoms with E-state index in [-0.39, 0.29) is 17.9 Å². The highest BCUT2D eigenvalue weighted by atomic mass is 79.9. The molecule has 34 heavy (non-hydrogen) atoms. The average molecular weight is 624 g/mol. The topological polar surface area (TPSA) is 80.9 Å². The third-order valence-electron chi connectivity index (χ3n) is 5.29. The molecule has 0 aliphatic carbocycles. The number of aromatic nitrogens is 1. The maximum atomic E-state index is 13.6. The second-order valence-corrected chi connectivity index (χ2v) is 11.1. The zero-order valence-electron chi connectivity index (χ0n) is 18.5. The van der Waals surface area contributed by atoms with Crippen LogP contribution in [-0.4, -0.2) is 28.5 Å². The number of carbonyl (C=O) groups excluding carboxylic acids is 1. The molecule has 176 valence electrons. The Morgan fingerprint density at radius 1 is 1.29 bits per heavy atom. The molecule has 2 aromatic carbocycles. The first-order valence-corrected chi connectivity index (χ1v) is 13.9. The Hall–Kier alpha value is -2.14. The highest BCUT2D eigenvalue weighted by Crippen LogP contribution is 2.33. The van der Waals surface area contributed by atoms with Gasteiger partial charge in [-0.1, -0.05) is 39.4 Å². The molecule has 0 saturated heterocycles. The number of hydrogen-bond acceptors (Lipinski definition) is 7. The summed E-state index contributed by atoms with van der Waals surface area (Å²) in [5.41, 5.74) is 1.82. The summed E-state index contributed by atoms with van der Waals surface area (Å²) in [6.07, 6.45) is 3.62. The zero-order valence-corrected chi connectivity index (χ0v) is 23.3. The molecule has 4 rings (SSSR count). The minimum Gasteiger partial charge on any atom is -0.506 e. The molecule has 2 heterocycles. The summed E-state index contributed by atoms with van der Waals surface area (Å²) in [6.45, 7) is 3.72. The fraction of sp³-hybridized carbons (Fsp3) is 0.208. The Morgan fingerprint density at radius 3 is 2.65 bits per heavy atom. The largest absolute Gasteiger partial charge is 0.506 e. The van der Waals surface area contributed by atoms with Gasteiger partial charge in [-0.2, -0.15) is 0 Å². The van der Waals surface area contributed by atoms with Gasteiger partial charge in [-0.3, -0.25) is 9.36 Å². The van der Waals surface area contributed by atoms with Crippen molar-refractivity contribution in [2.45, 2.75) is 24.8 Å². The molecule has 0 bridgehead atoms. The number of phenolic OH excluding ortho intramolecular Hbond substituents is 1. The van der Waals surface area contributed by atoms with Crippen LogP contribution >= 0.6 is 55.0 Å². The van der Waals surface area contributed by atoms with Gasteiger partial charge < -0.3 is 9.84 Å². The van der Waals surface area contributed by atoms with E-state index >= 15 is 0 Å². The van der Waals surface area contributed by atoms with E-state index in [2.05, 4.69) is 36.9 Å². The number of carbonyl (C=O) groups is 1. The predicted molar refractivity (Wildman–Crippen MR) is 142 cm³/mol. The smallest absolute Gasteiger partial charge is 0.338 e. The third kappa shape index (κ3) is 4.68. The van der Waals surface area contributed by atoms with Crippen molar-refractivity contribution in [2.24, 2.45) is 4.99 Å². The van der Waals surface area contributed by atoms with Gasteiger partial charge in [-0.15, -0.1) is 11.8 Å². The molecule has 0 spiro atoms. The van der Waals surface area contributed by atoms with Gasteiger partial charge in [0.2, 0.25) is 0 Å². The molecule has 1 aliphatic rings. The number of ether oxygens (including phenoxy) is 1. The average Bonchev–Trinajstić information content (AvgIpc) is 3.10. The monoisotopic (exact) mass is 622 g/mol. The lowest BCUT2D eigenvalue weighted by atomic mass is 9.96. The second-order valence-electron chi connectivity index (χ2n) is 7.40. The van der Waals surface area contributed by atoms with E-state index in [1.54, 1.807) is 43.8 Å². The van der Waals surface area contributed by atoms with Crippen LogP contribution in [0.5, 0.6) is 5.75 Å². The first kappa shape index (κ1) is 25.0. The van der Waals surface area contributed by atoms with Crippen LogP contribution in [0.3, 0.4) is 0 Å². The maximum absolute atomic E-state index is 13.6. The van der Waals surface area contributed by atoms with Crippen LogP contribution in [0.25, 0.3) is 6.08 Å². The van der Waals surface area contributed by atoms with Gasteiger partial charge in [-0.25, -0.2) is 9.79 Å². The summed E-state index contributed by atoms with van der Waals surface area (Å²) in [5, 5.41) is 10.5. The SMILES string of the molecule is CCOC(=O)C1=C(C)N=c2s/c(=C\c3cc(Br)cc(Br)c3O)c(=O)n2[C@H]1c1ccc(SC)cc1. The molecule has 0 saturated carbocycles. The lowest BCUT2D eigenvalue weighted by Crippen LogP contribution is -2.39. The highest BCUT2D eigenvalue weighted by molar-refractivity contribution is 9.11. The molecular weight excluding hydrogens is 604 g/mol. The molecule has 10 heteroatoms. The van der Waals surface area contributed by atoms with Crippen LogP contribution in [0.4, 0.5) is 0 Å². The van der Waals surface area contributed by atoms with Crippen LogP contribution in [-0.2, 0) is 9.53 Å². The Labute approximate surface area is 220 Å². The van der Waals surface area contributed by atoms with Gasteiger partial charge in [0, 0.05) is 14.9 Å². The second kappa shape index (κ2) is 10.2. The van der Waals surface area contributed by atoms with E-state index in [1.165, 1.54) is 15.9 Å². The van der Waals surface area contributed by atoms with Crippen molar-refractivity contribution in [1.82, 2.24) is 4.57 Å². The van der Waals surface area contributed by atoms with E-state index in [1.807, 2.05) is 30.5 Å². The van der Waals surface area contributed by atoms with E-state index in [9.17, 15) is 14.7 Å². The van der Waals surface area contributed by atoms with Crippen molar-refractivity contribution in [3.63, 3.8) is 0 Å². The molecule has 1 aromatic heterocycles. The van der Waals surface area contributed by atoms with Gasteiger partial charge in [0.1, 0.15) is 5.75 Å². The van der Waals surface area contributed by atoms with Crippen LogP contribution in [0.15, 0.2) is 71.3 Å². The van der Waals surface area contributed by atoms with Crippen molar-refractivity contribution in [2.75, 3.05) is 12.9 Å². The summed E-state index contributed by atoms with van der Waals surface area (Å²) < 4.78 is 8.51. The molecule has 0 unspecified atom stereocenters. The van der Waals surface area contributed by atoms with Crippen LogP contribution in [0.2, 0.25) is 0 Å². The normalized spacial score (nSPS) is 15.8. The zero-order chi connectivity index (χ0) is 24.6. The minimum atomic E-state index is -0.670. The first-order chi connectivity index (χ1) is 16.2. The lowest BCUT2D eigenvalue weighted by molar-refractivity contribution is -0.139. The molecule has 1 aliphatic heterocycles. The first-order valence-electron chi connectivity index (χ1n) is 10.3. The third-order valence-corrected chi connectivity index (χ3v) is 8.08. The molecule has 1 N–H and O–H groups in total. The Kier molecular flexibility index (Phi) is 7.51. The highest BCUT2D eigenvalue weighted by Gasteiger charge is 2.33. The van der Waals surface area contributed by atoms with Crippen LogP contribution < -0.4 is 14.9 Å². The standard InChI is InChI=1S/C24H20Br2N2O4S2/c1-4-32-23(31)19-12(2)27-24-28(20(19)13-5-7-16(33-3)8-6-13)22(30)18(34-24)10-14-9-15(25)11-17(26)21(14)29/h5-11,20,29H,4H2,1-3H3/b18-10-/t20-/m0/s1. The Morgan fingerprint density at radius 2 is 2.00 bits per heavy atom. The number of esters is 1. The van der Waals surface area contributed by atoms with Gasteiger partial charge in [0.05, 0.1) is 32.9 Å². The van der Waals surface area contributed by atoms with Gasteiger partial charge in [0.25, 0.3) is 5.56 Å². The van der Waals surface area contributed by atoms with Crippen molar-refractivity contribution in [3.8, 4) is 5.75 Å². The van der Waals surface area contributed by atoms with E-state index < -0.39 is 12.0 Å². The summed E-state index contributed by atoms with van der Waals surface area (Å²) in [6, 6.07) is 10.5.